The van der Waals surface area contributed by atoms with Crippen LogP contribution in [0, 0.1) is 0 Å². The molecule has 0 bridgehead atoms. The van der Waals surface area contributed by atoms with Crippen LogP contribution in [0.15, 0.2) is 28.7 Å². The predicted molar refractivity (Wildman–Crippen MR) is 87.6 cm³/mol. The van der Waals surface area contributed by atoms with Crippen molar-refractivity contribution in [3.05, 3.63) is 34.3 Å². The first kappa shape index (κ1) is 18.6. The molecule has 0 heterocycles. The molecule has 0 aliphatic rings. The summed E-state index contributed by atoms with van der Waals surface area (Å²) in [7, 11) is 0. The summed E-state index contributed by atoms with van der Waals surface area (Å²) < 4.78 is 6.13. The SMILES string of the molecule is CCCCCOCC(=O)NC(CC(=O)O)c1cccc(Br)c1. The summed E-state index contributed by atoms with van der Waals surface area (Å²) in [6.07, 6.45) is 2.92. The van der Waals surface area contributed by atoms with E-state index >= 15 is 0 Å². The van der Waals surface area contributed by atoms with Crippen LogP contribution in [0.3, 0.4) is 0 Å². The molecule has 0 aromatic heterocycles. The van der Waals surface area contributed by atoms with Crippen molar-refractivity contribution in [1.82, 2.24) is 5.32 Å². The monoisotopic (exact) mass is 371 g/mol. The van der Waals surface area contributed by atoms with Crippen molar-refractivity contribution >= 4 is 27.8 Å². The van der Waals surface area contributed by atoms with Gasteiger partial charge < -0.3 is 15.2 Å². The van der Waals surface area contributed by atoms with Crippen molar-refractivity contribution in [2.24, 2.45) is 0 Å². The number of hydrogen-bond acceptors (Lipinski definition) is 3. The average Bonchev–Trinajstić information content (AvgIpc) is 2.46. The molecule has 1 atom stereocenters. The molecule has 5 nitrogen and oxygen atoms in total. The van der Waals surface area contributed by atoms with Crippen LogP contribution in [0.2, 0.25) is 0 Å². The van der Waals surface area contributed by atoms with Gasteiger partial charge in [-0.3, -0.25) is 9.59 Å². The first-order chi connectivity index (χ1) is 10.5. The largest absolute Gasteiger partial charge is 0.481 e. The van der Waals surface area contributed by atoms with Gasteiger partial charge >= 0.3 is 5.97 Å². The Morgan fingerprint density at radius 2 is 2.14 bits per heavy atom. The van der Waals surface area contributed by atoms with Crippen LogP contribution in [-0.2, 0) is 14.3 Å². The normalized spacial score (nSPS) is 11.9. The Kier molecular flexibility index (Phi) is 8.77. The van der Waals surface area contributed by atoms with Crippen molar-refractivity contribution in [2.45, 2.75) is 38.6 Å². The van der Waals surface area contributed by atoms with Crippen LogP contribution in [0.5, 0.6) is 0 Å². The first-order valence-corrected chi connectivity index (χ1v) is 8.16. The number of aliphatic carboxylic acids is 1. The molecule has 1 rings (SSSR count). The summed E-state index contributed by atoms with van der Waals surface area (Å²) in [5, 5.41) is 11.7. The molecule has 0 saturated carbocycles. The number of hydrogen-bond donors (Lipinski definition) is 2. The van der Waals surface area contributed by atoms with E-state index in [1.165, 1.54) is 0 Å². The minimum atomic E-state index is -0.964. The molecule has 1 amide bonds. The van der Waals surface area contributed by atoms with Gasteiger partial charge in [-0.1, -0.05) is 47.8 Å². The van der Waals surface area contributed by atoms with Gasteiger partial charge in [0.2, 0.25) is 5.91 Å². The summed E-state index contributed by atoms with van der Waals surface area (Å²) in [5.41, 5.74) is 0.746. The number of carboxylic acid groups (broad SMARTS) is 1. The fourth-order valence-corrected chi connectivity index (χ4v) is 2.42. The predicted octanol–water partition coefficient (Wildman–Crippen LogP) is 3.29. The smallest absolute Gasteiger partial charge is 0.305 e. The molecule has 122 valence electrons. The van der Waals surface area contributed by atoms with Crippen LogP contribution >= 0.6 is 15.9 Å². The topological polar surface area (TPSA) is 75.6 Å². The zero-order valence-corrected chi connectivity index (χ0v) is 14.3. The Bertz CT molecular complexity index is 493. The third-order valence-corrected chi connectivity index (χ3v) is 3.58. The van der Waals surface area contributed by atoms with Crippen LogP contribution in [0.1, 0.15) is 44.2 Å². The Morgan fingerprint density at radius 3 is 2.77 bits per heavy atom. The van der Waals surface area contributed by atoms with Crippen molar-refractivity contribution < 1.29 is 19.4 Å². The summed E-state index contributed by atoms with van der Waals surface area (Å²) in [6, 6.07) is 6.68. The van der Waals surface area contributed by atoms with Gasteiger partial charge in [0.25, 0.3) is 0 Å². The van der Waals surface area contributed by atoms with Gasteiger partial charge in [0.15, 0.2) is 0 Å². The number of rotatable bonds is 10. The van der Waals surface area contributed by atoms with E-state index in [-0.39, 0.29) is 18.9 Å². The van der Waals surface area contributed by atoms with E-state index in [0.29, 0.717) is 6.61 Å². The van der Waals surface area contributed by atoms with Gasteiger partial charge in [-0.2, -0.15) is 0 Å². The highest BCUT2D eigenvalue weighted by atomic mass is 79.9. The molecular weight excluding hydrogens is 350 g/mol. The van der Waals surface area contributed by atoms with Crippen molar-refractivity contribution in [3.63, 3.8) is 0 Å². The molecule has 0 fully saturated rings. The first-order valence-electron chi connectivity index (χ1n) is 7.37. The third-order valence-electron chi connectivity index (χ3n) is 3.09. The fourth-order valence-electron chi connectivity index (χ4n) is 2.01. The van der Waals surface area contributed by atoms with Gasteiger partial charge in [0.05, 0.1) is 12.5 Å². The molecule has 0 radical (unpaired) electrons. The second-order valence-electron chi connectivity index (χ2n) is 5.03. The molecule has 0 aliphatic heterocycles. The number of ether oxygens (including phenoxy) is 1. The molecule has 1 aromatic carbocycles. The Hall–Kier alpha value is -1.40. The molecule has 1 unspecified atom stereocenters. The highest BCUT2D eigenvalue weighted by Gasteiger charge is 2.18. The van der Waals surface area contributed by atoms with E-state index in [0.717, 1.165) is 29.3 Å². The molecule has 1 aromatic rings. The average molecular weight is 372 g/mol. The summed E-state index contributed by atoms with van der Waals surface area (Å²) in [6.45, 7) is 2.59. The molecule has 0 aliphatic carbocycles. The van der Waals surface area contributed by atoms with Crippen molar-refractivity contribution in [1.29, 1.82) is 0 Å². The maximum absolute atomic E-state index is 11.9. The highest BCUT2D eigenvalue weighted by molar-refractivity contribution is 9.10. The molecule has 22 heavy (non-hydrogen) atoms. The number of carbonyl (C=O) groups excluding carboxylic acids is 1. The fraction of sp³-hybridized carbons (Fsp3) is 0.500. The van der Waals surface area contributed by atoms with Gasteiger partial charge in [-0.15, -0.1) is 0 Å². The summed E-state index contributed by atoms with van der Waals surface area (Å²) in [4.78, 5) is 22.9. The van der Waals surface area contributed by atoms with Crippen LogP contribution in [0.25, 0.3) is 0 Å². The zero-order valence-electron chi connectivity index (χ0n) is 12.7. The number of amides is 1. The Balaban J connectivity index is 2.54. The molecular formula is C16H22BrNO4. The zero-order chi connectivity index (χ0) is 16.4. The van der Waals surface area contributed by atoms with E-state index < -0.39 is 12.0 Å². The van der Waals surface area contributed by atoms with Gasteiger partial charge in [-0.25, -0.2) is 0 Å². The van der Waals surface area contributed by atoms with Gasteiger partial charge in [0, 0.05) is 11.1 Å². The minimum Gasteiger partial charge on any atom is -0.481 e. The van der Waals surface area contributed by atoms with E-state index in [1.54, 1.807) is 12.1 Å². The van der Waals surface area contributed by atoms with E-state index in [9.17, 15) is 9.59 Å². The molecule has 6 heteroatoms. The lowest BCUT2D eigenvalue weighted by molar-refractivity contribution is -0.138. The van der Waals surface area contributed by atoms with Gasteiger partial charge in [-0.05, 0) is 24.1 Å². The number of halogens is 1. The Morgan fingerprint density at radius 1 is 1.36 bits per heavy atom. The van der Waals surface area contributed by atoms with Crippen molar-refractivity contribution in [3.8, 4) is 0 Å². The van der Waals surface area contributed by atoms with Crippen LogP contribution in [-0.4, -0.2) is 30.2 Å². The lowest BCUT2D eigenvalue weighted by Crippen LogP contribution is -2.33. The number of carboxylic acids is 1. The van der Waals surface area contributed by atoms with Crippen molar-refractivity contribution in [2.75, 3.05) is 13.2 Å². The second-order valence-corrected chi connectivity index (χ2v) is 5.95. The quantitative estimate of drug-likeness (QED) is 0.618. The molecule has 0 saturated heterocycles. The maximum atomic E-state index is 11.9. The summed E-state index contributed by atoms with van der Waals surface area (Å²) >= 11 is 3.34. The summed E-state index contributed by atoms with van der Waals surface area (Å²) in [5.74, 6) is -1.27. The van der Waals surface area contributed by atoms with E-state index in [2.05, 4.69) is 28.2 Å². The van der Waals surface area contributed by atoms with Crippen LogP contribution < -0.4 is 5.32 Å². The molecule has 0 spiro atoms. The van der Waals surface area contributed by atoms with E-state index in [4.69, 9.17) is 9.84 Å². The lowest BCUT2D eigenvalue weighted by atomic mass is 10.0. The van der Waals surface area contributed by atoms with Gasteiger partial charge in [0.1, 0.15) is 6.61 Å². The number of unbranched alkanes of at least 4 members (excludes halogenated alkanes) is 2. The second kappa shape index (κ2) is 10.3. The minimum absolute atomic E-state index is 0.0478. The standard InChI is InChI=1S/C16H22BrNO4/c1-2-3-4-8-22-11-15(19)18-14(10-16(20)21)12-6-5-7-13(17)9-12/h5-7,9,14H,2-4,8,10-11H2,1H3,(H,18,19)(H,20,21). The Labute approximate surface area is 139 Å². The van der Waals surface area contributed by atoms with Crippen LogP contribution in [0.4, 0.5) is 0 Å². The molecule has 2 N–H and O–H groups in total. The van der Waals surface area contributed by atoms with E-state index in [1.807, 2.05) is 12.1 Å². The maximum Gasteiger partial charge on any atom is 0.305 e. The third kappa shape index (κ3) is 7.56. The number of carbonyl (C=O) groups is 2. The lowest BCUT2D eigenvalue weighted by Gasteiger charge is -2.18. The number of benzene rings is 1. The number of nitrogens with one attached hydrogen (secondary N) is 1. The highest BCUT2D eigenvalue weighted by Crippen LogP contribution is 2.21.